The molecular formula is C21H33NO. The average Bonchev–Trinajstić information content (AvgIpc) is 2.42. The number of hydrogen-bond acceptors (Lipinski definition) is 2. The highest BCUT2D eigenvalue weighted by Gasteiger charge is 2.57. The van der Waals surface area contributed by atoms with Crippen LogP contribution in [0.1, 0.15) is 65.5 Å². The zero-order valence-corrected chi connectivity index (χ0v) is 15.7. The lowest BCUT2D eigenvalue weighted by molar-refractivity contribution is -0.0594. The third kappa shape index (κ3) is 2.50. The number of fused-ring (bicyclic) bond motifs is 4. The lowest BCUT2D eigenvalue weighted by Crippen LogP contribution is -2.65. The van der Waals surface area contributed by atoms with E-state index < -0.39 is 0 Å². The van der Waals surface area contributed by atoms with Crippen molar-refractivity contribution in [2.75, 3.05) is 13.1 Å². The molecule has 2 atom stereocenters. The van der Waals surface area contributed by atoms with Crippen molar-refractivity contribution in [3.63, 3.8) is 0 Å². The summed E-state index contributed by atoms with van der Waals surface area (Å²) in [6.07, 6.45) is 3.45. The minimum atomic E-state index is 0.193. The maximum absolute atomic E-state index is 10.1. The zero-order valence-electron chi connectivity index (χ0n) is 15.7. The maximum Gasteiger partial charge on any atom is 0.115 e. The molecule has 1 saturated heterocycles. The summed E-state index contributed by atoms with van der Waals surface area (Å²) in [5.74, 6) is 0.419. The SMILES string of the molecule is CCC12CCN(CC(C)(C)C)C(Cc3ccc(O)cc31)C2(C)C. The van der Waals surface area contributed by atoms with Gasteiger partial charge in [-0.2, -0.15) is 0 Å². The average molecular weight is 316 g/mol. The quantitative estimate of drug-likeness (QED) is 0.852. The summed E-state index contributed by atoms with van der Waals surface area (Å²) in [4.78, 5) is 2.74. The smallest absolute Gasteiger partial charge is 0.115 e. The molecule has 0 aromatic heterocycles. The van der Waals surface area contributed by atoms with Gasteiger partial charge in [-0.05, 0) is 59.9 Å². The van der Waals surface area contributed by atoms with E-state index >= 15 is 0 Å². The Labute approximate surface area is 141 Å². The molecule has 3 rings (SSSR count). The molecule has 2 bridgehead atoms. The van der Waals surface area contributed by atoms with E-state index in [0.717, 1.165) is 19.4 Å². The first-order valence-electron chi connectivity index (χ1n) is 9.17. The van der Waals surface area contributed by atoms with Crippen LogP contribution in [0.4, 0.5) is 0 Å². The van der Waals surface area contributed by atoms with Gasteiger partial charge in [-0.1, -0.05) is 47.6 Å². The zero-order chi connectivity index (χ0) is 17.0. The molecule has 0 amide bonds. The van der Waals surface area contributed by atoms with E-state index in [1.807, 2.05) is 6.07 Å². The van der Waals surface area contributed by atoms with Gasteiger partial charge in [0.2, 0.25) is 0 Å². The molecule has 1 fully saturated rings. The van der Waals surface area contributed by atoms with E-state index in [-0.39, 0.29) is 10.8 Å². The van der Waals surface area contributed by atoms with Crippen LogP contribution in [0.5, 0.6) is 5.75 Å². The van der Waals surface area contributed by atoms with E-state index in [4.69, 9.17) is 0 Å². The van der Waals surface area contributed by atoms with Crippen molar-refractivity contribution in [2.24, 2.45) is 10.8 Å². The molecule has 1 aliphatic carbocycles. The molecule has 128 valence electrons. The van der Waals surface area contributed by atoms with Crippen molar-refractivity contribution in [2.45, 2.75) is 72.3 Å². The van der Waals surface area contributed by atoms with E-state index in [0.29, 0.717) is 17.2 Å². The van der Waals surface area contributed by atoms with Crippen LogP contribution in [0.15, 0.2) is 18.2 Å². The fraction of sp³-hybridized carbons (Fsp3) is 0.714. The van der Waals surface area contributed by atoms with Crippen LogP contribution in [0.25, 0.3) is 0 Å². The Kier molecular flexibility index (Phi) is 3.83. The molecule has 2 aliphatic rings. The predicted molar refractivity (Wildman–Crippen MR) is 97.0 cm³/mol. The number of phenolic OH excluding ortho intramolecular Hbond substituents is 1. The van der Waals surface area contributed by atoms with Crippen LogP contribution >= 0.6 is 0 Å². The normalized spacial score (nSPS) is 30.1. The largest absolute Gasteiger partial charge is 0.508 e. The van der Waals surface area contributed by atoms with Gasteiger partial charge in [-0.25, -0.2) is 0 Å². The van der Waals surface area contributed by atoms with E-state index in [1.54, 1.807) is 0 Å². The molecule has 0 spiro atoms. The molecule has 2 nitrogen and oxygen atoms in total. The standard InChI is InChI=1S/C21H33NO/c1-7-21-10-11-22(14-19(2,3)4)18(20(21,5)6)12-15-8-9-16(23)13-17(15)21/h8-9,13,18,23H,7,10-12,14H2,1-6H3. The van der Waals surface area contributed by atoms with Crippen molar-refractivity contribution in [3.8, 4) is 5.75 Å². The molecule has 1 aromatic carbocycles. The number of benzene rings is 1. The van der Waals surface area contributed by atoms with Crippen molar-refractivity contribution in [1.29, 1.82) is 0 Å². The minimum absolute atomic E-state index is 0.193. The molecule has 0 saturated carbocycles. The van der Waals surface area contributed by atoms with Crippen LogP contribution in [0.3, 0.4) is 0 Å². The number of nitrogens with zero attached hydrogens (tertiary/aromatic N) is 1. The molecule has 0 radical (unpaired) electrons. The Morgan fingerprint density at radius 3 is 2.57 bits per heavy atom. The Morgan fingerprint density at radius 1 is 1.26 bits per heavy atom. The van der Waals surface area contributed by atoms with E-state index in [1.165, 1.54) is 24.1 Å². The molecule has 1 aromatic rings. The summed E-state index contributed by atoms with van der Waals surface area (Å²) in [6.45, 7) is 16.6. The molecule has 2 heteroatoms. The first-order chi connectivity index (χ1) is 10.6. The second-order valence-electron chi connectivity index (χ2n) is 9.50. The van der Waals surface area contributed by atoms with Gasteiger partial charge < -0.3 is 5.11 Å². The number of aromatic hydroxyl groups is 1. The lowest BCUT2D eigenvalue weighted by Gasteiger charge is -2.62. The van der Waals surface area contributed by atoms with Gasteiger partial charge in [-0.15, -0.1) is 0 Å². The van der Waals surface area contributed by atoms with Crippen LogP contribution in [0, 0.1) is 10.8 Å². The Bertz CT molecular complexity index is 598. The van der Waals surface area contributed by atoms with Gasteiger partial charge in [-0.3, -0.25) is 4.90 Å². The van der Waals surface area contributed by atoms with Gasteiger partial charge in [0, 0.05) is 18.0 Å². The summed E-state index contributed by atoms with van der Waals surface area (Å²) >= 11 is 0. The van der Waals surface area contributed by atoms with Crippen LogP contribution in [0.2, 0.25) is 0 Å². The van der Waals surface area contributed by atoms with Gasteiger partial charge in [0.25, 0.3) is 0 Å². The number of rotatable bonds is 2. The predicted octanol–water partition coefficient (Wildman–Crippen LogP) is 4.74. The van der Waals surface area contributed by atoms with Crippen LogP contribution in [-0.2, 0) is 11.8 Å². The first-order valence-corrected chi connectivity index (χ1v) is 9.17. The monoisotopic (exact) mass is 315 g/mol. The maximum atomic E-state index is 10.1. The molecule has 2 unspecified atom stereocenters. The highest BCUT2D eigenvalue weighted by molar-refractivity contribution is 5.46. The van der Waals surface area contributed by atoms with Gasteiger partial charge >= 0.3 is 0 Å². The van der Waals surface area contributed by atoms with Crippen molar-refractivity contribution in [1.82, 2.24) is 4.90 Å². The second kappa shape index (κ2) is 5.24. The number of hydrogen-bond donors (Lipinski definition) is 1. The summed E-state index contributed by atoms with van der Waals surface area (Å²) < 4.78 is 0. The van der Waals surface area contributed by atoms with Crippen LogP contribution < -0.4 is 0 Å². The van der Waals surface area contributed by atoms with Crippen LogP contribution in [-0.4, -0.2) is 29.1 Å². The minimum Gasteiger partial charge on any atom is -0.508 e. The molecule has 1 heterocycles. The molecule has 1 N–H and O–H groups in total. The Hall–Kier alpha value is -1.02. The third-order valence-electron chi connectivity index (χ3n) is 6.64. The summed E-state index contributed by atoms with van der Waals surface area (Å²) in [5, 5.41) is 10.1. The third-order valence-corrected chi connectivity index (χ3v) is 6.64. The fourth-order valence-electron chi connectivity index (χ4n) is 5.47. The second-order valence-corrected chi connectivity index (χ2v) is 9.50. The molecule has 1 aliphatic heterocycles. The number of phenols is 1. The van der Waals surface area contributed by atoms with Crippen molar-refractivity contribution < 1.29 is 5.11 Å². The summed E-state index contributed by atoms with van der Waals surface area (Å²) in [7, 11) is 0. The Morgan fingerprint density at radius 2 is 1.96 bits per heavy atom. The van der Waals surface area contributed by atoms with Gasteiger partial charge in [0.05, 0.1) is 0 Å². The van der Waals surface area contributed by atoms with E-state index in [9.17, 15) is 5.11 Å². The number of likely N-dealkylation sites (tertiary alicyclic amines) is 1. The van der Waals surface area contributed by atoms with Gasteiger partial charge in [0.1, 0.15) is 5.75 Å². The van der Waals surface area contributed by atoms with Crippen molar-refractivity contribution in [3.05, 3.63) is 29.3 Å². The highest BCUT2D eigenvalue weighted by Crippen LogP contribution is 2.58. The lowest BCUT2D eigenvalue weighted by atomic mass is 9.49. The van der Waals surface area contributed by atoms with Gasteiger partial charge in [0.15, 0.2) is 0 Å². The van der Waals surface area contributed by atoms with E-state index in [2.05, 4.69) is 58.6 Å². The fourth-order valence-corrected chi connectivity index (χ4v) is 5.47. The summed E-state index contributed by atoms with van der Waals surface area (Å²) in [6, 6.07) is 6.67. The topological polar surface area (TPSA) is 23.5 Å². The Balaban J connectivity index is 2.09. The van der Waals surface area contributed by atoms with Crippen molar-refractivity contribution >= 4 is 0 Å². The molecule has 23 heavy (non-hydrogen) atoms. The highest BCUT2D eigenvalue weighted by atomic mass is 16.3. The first kappa shape index (κ1) is 16.8. The number of piperidine rings is 1. The molecular weight excluding hydrogens is 282 g/mol. The summed E-state index contributed by atoms with van der Waals surface area (Å²) in [5.41, 5.74) is 3.62.